The SMILES string of the molecule is COC(=O)[C@@H](C)Oc1ccc2c(c1)OC(=Cc1ccccc1F)C2=O. The number of Topliss-reactive ketones (excluding diaryl/α,β-unsaturated/α-hetero) is 1. The van der Waals surface area contributed by atoms with Gasteiger partial charge in [0.25, 0.3) is 0 Å². The molecule has 128 valence electrons. The Hall–Kier alpha value is -3.15. The minimum atomic E-state index is -0.798. The standard InChI is InChI=1S/C19H15FO5/c1-11(19(22)23-2)24-13-7-8-14-16(10-13)25-17(18(14)21)9-12-5-3-4-6-15(12)20/h3-11H,1-2H3/t11-/m1/s1. The Balaban J connectivity index is 1.84. The van der Waals surface area contributed by atoms with Crippen LogP contribution in [-0.4, -0.2) is 25.0 Å². The van der Waals surface area contributed by atoms with Crippen LogP contribution in [0.25, 0.3) is 6.08 Å². The Morgan fingerprint density at radius 3 is 2.72 bits per heavy atom. The highest BCUT2D eigenvalue weighted by Gasteiger charge is 2.28. The van der Waals surface area contributed by atoms with Gasteiger partial charge in [-0.2, -0.15) is 0 Å². The number of ether oxygens (including phenoxy) is 3. The zero-order valence-corrected chi connectivity index (χ0v) is 13.6. The molecule has 0 spiro atoms. The van der Waals surface area contributed by atoms with E-state index in [4.69, 9.17) is 9.47 Å². The van der Waals surface area contributed by atoms with Crippen molar-refractivity contribution in [3.63, 3.8) is 0 Å². The normalized spacial score (nSPS) is 15.5. The van der Waals surface area contributed by atoms with E-state index in [-0.39, 0.29) is 17.1 Å². The third-order valence-corrected chi connectivity index (χ3v) is 3.68. The summed E-state index contributed by atoms with van der Waals surface area (Å²) in [4.78, 5) is 23.8. The van der Waals surface area contributed by atoms with Crippen LogP contribution in [0.4, 0.5) is 4.39 Å². The van der Waals surface area contributed by atoms with Crippen molar-refractivity contribution in [2.45, 2.75) is 13.0 Å². The van der Waals surface area contributed by atoms with Crippen molar-refractivity contribution in [3.8, 4) is 11.5 Å². The molecule has 0 saturated carbocycles. The minimum absolute atomic E-state index is 0.0262. The van der Waals surface area contributed by atoms with Gasteiger partial charge < -0.3 is 14.2 Å². The quantitative estimate of drug-likeness (QED) is 0.630. The number of halogens is 1. The lowest BCUT2D eigenvalue weighted by Gasteiger charge is -2.12. The first-order valence-corrected chi connectivity index (χ1v) is 7.57. The van der Waals surface area contributed by atoms with Crippen LogP contribution in [0.15, 0.2) is 48.2 Å². The van der Waals surface area contributed by atoms with E-state index in [1.165, 1.54) is 25.3 Å². The predicted octanol–water partition coefficient (Wildman–Crippen LogP) is 3.38. The molecule has 2 aromatic rings. The van der Waals surface area contributed by atoms with E-state index in [0.717, 1.165) is 0 Å². The van der Waals surface area contributed by atoms with E-state index in [1.807, 2.05) is 0 Å². The molecule has 0 amide bonds. The summed E-state index contributed by atoms with van der Waals surface area (Å²) in [5, 5.41) is 0. The van der Waals surface area contributed by atoms with Gasteiger partial charge in [-0.3, -0.25) is 4.79 Å². The number of fused-ring (bicyclic) bond motifs is 1. The summed E-state index contributed by atoms with van der Waals surface area (Å²) >= 11 is 0. The molecule has 0 bridgehead atoms. The minimum Gasteiger partial charge on any atom is -0.479 e. The number of benzene rings is 2. The average Bonchev–Trinajstić information content (AvgIpc) is 2.91. The van der Waals surface area contributed by atoms with Gasteiger partial charge in [-0.25, -0.2) is 9.18 Å². The second-order valence-electron chi connectivity index (χ2n) is 5.40. The lowest BCUT2D eigenvalue weighted by Crippen LogP contribution is -2.24. The van der Waals surface area contributed by atoms with Crippen molar-refractivity contribution in [2.24, 2.45) is 0 Å². The van der Waals surface area contributed by atoms with Gasteiger partial charge in [-0.05, 0) is 31.2 Å². The number of esters is 1. The molecule has 1 atom stereocenters. The maximum atomic E-state index is 13.7. The van der Waals surface area contributed by atoms with E-state index in [0.29, 0.717) is 17.1 Å². The van der Waals surface area contributed by atoms with Gasteiger partial charge in [0.1, 0.15) is 17.3 Å². The lowest BCUT2D eigenvalue weighted by molar-refractivity contribution is -0.147. The first-order valence-electron chi connectivity index (χ1n) is 7.57. The Labute approximate surface area is 143 Å². The molecule has 1 aliphatic rings. The van der Waals surface area contributed by atoms with Crippen molar-refractivity contribution >= 4 is 17.8 Å². The van der Waals surface area contributed by atoms with Crippen LogP contribution in [0.3, 0.4) is 0 Å². The molecule has 1 heterocycles. The smallest absolute Gasteiger partial charge is 0.346 e. The van der Waals surface area contributed by atoms with Gasteiger partial charge in [0.05, 0.1) is 12.7 Å². The summed E-state index contributed by atoms with van der Waals surface area (Å²) in [6.45, 7) is 1.55. The number of carbonyl (C=O) groups excluding carboxylic acids is 2. The molecule has 0 radical (unpaired) electrons. The number of methoxy groups -OCH3 is 1. The molecule has 0 unspecified atom stereocenters. The highest BCUT2D eigenvalue weighted by Crippen LogP contribution is 2.35. The van der Waals surface area contributed by atoms with Crippen LogP contribution in [0, 0.1) is 5.82 Å². The van der Waals surface area contributed by atoms with Crippen LogP contribution < -0.4 is 9.47 Å². The van der Waals surface area contributed by atoms with Crippen molar-refractivity contribution in [1.29, 1.82) is 0 Å². The Kier molecular flexibility index (Phi) is 4.52. The maximum Gasteiger partial charge on any atom is 0.346 e. The van der Waals surface area contributed by atoms with E-state index >= 15 is 0 Å². The second kappa shape index (κ2) is 6.76. The zero-order valence-electron chi connectivity index (χ0n) is 13.6. The van der Waals surface area contributed by atoms with Crippen LogP contribution in [-0.2, 0) is 9.53 Å². The summed E-state index contributed by atoms with van der Waals surface area (Å²) in [5.41, 5.74) is 0.607. The summed E-state index contributed by atoms with van der Waals surface area (Å²) < 4.78 is 29.3. The summed E-state index contributed by atoms with van der Waals surface area (Å²) in [6.07, 6.45) is 0.559. The van der Waals surface area contributed by atoms with E-state index in [1.54, 1.807) is 37.3 Å². The number of carbonyl (C=O) groups is 2. The van der Waals surface area contributed by atoms with Crippen LogP contribution >= 0.6 is 0 Å². The Morgan fingerprint density at radius 2 is 2.00 bits per heavy atom. The van der Waals surface area contributed by atoms with Gasteiger partial charge >= 0.3 is 5.97 Å². The third-order valence-electron chi connectivity index (χ3n) is 3.68. The maximum absolute atomic E-state index is 13.7. The molecular formula is C19H15FO5. The predicted molar refractivity (Wildman–Crippen MR) is 87.9 cm³/mol. The monoisotopic (exact) mass is 342 g/mol. The van der Waals surface area contributed by atoms with E-state index in [2.05, 4.69) is 4.74 Å². The molecule has 6 heteroatoms. The molecule has 25 heavy (non-hydrogen) atoms. The summed E-state index contributed by atoms with van der Waals surface area (Å²) in [5.74, 6) is -0.626. The number of ketones is 1. The molecule has 0 N–H and O–H groups in total. The van der Waals surface area contributed by atoms with Gasteiger partial charge in [-0.15, -0.1) is 0 Å². The van der Waals surface area contributed by atoms with Gasteiger partial charge in [0.2, 0.25) is 5.78 Å². The van der Waals surface area contributed by atoms with Gasteiger partial charge in [0.15, 0.2) is 11.9 Å². The van der Waals surface area contributed by atoms with Crippen molar-refractivity contribution in [3.05, 3.63) is 65.2 Å². The van der Waals surface area contributed by atoms with Crippen molar-refractivity contribution in [2.75, 3.05) is 7.11 Å². The average molecular weight is 342 g/mol. The van der Waals surface area contributed by atoms with Crippen LogP contribution in [0.5, 0.6) is 11.5 Å². The molecular weight excluding hydrogens is 327 g/mol. The highest BCUT2D eigenvalue weighted by atomic mass is 19.1. The topological polar surface area (TPSA) is 61.8 Å². The first-order chi connectivity index (χ1) is 12.0. The van der Waals surface area contributed by atoms with Crippen LogP contribution in [0.2, 0.25) is 0 Å². The van der Waals surface area contributed by atoms with Crippen molar-refractivity contribution < 1.29 is 28.2 Å². The third kappa shape index (κ3) is 3.38. The Bertz CT molecular complexity index is 872. The number of hydrogen-bond donors (Lipinski definition) is 0. The zero-order chi connectivity index (χ0) is 18.0. The fraction of sp³-hybridized carbons (Fsp3) is 0.158. The largest absolute Gasteiger partial charge is 0.479 e. The Morgan fingerprint density at radius 1 is 1.24 bits per heavy atom. The molecule has 0 saturated heterocycles. The number of rotatable bonds is 4. The molecule has 5 nitrogen and oxygen atoms in total. The fourth-order valence-corrected chi connectivity index (χ4v) is 2.39. The van der Waals surface area contributed by atoms with Gasteiger partial charge in [-0.1, -0.05) is 18.2 Å². The molecule has 0 fully saturated rings. The number of hydrogen-bond acceptors (Lipinski definition) is 5. The van der Waals surface area contributed by atoms with Gasteiger partial charge in [0, 0.05) is 11.6 Å². The molecule has 3 rings (SSSR count). The lowest BCUT2D eigenvalue weighted by atomic mass is 10.1. The van der Waals surface area contributed by atoms with Crippen LogP contribution in [0.1, 0.15) is 22.8 Å². The molecule has 2 aromatic carbocycles. The summed E-state index contributed by atoms with van der Waals surface area (Å²) in [6, 6.07) is 10.7. The number of allylic oxidation sites excluding steroid dienone is 1. The molecule has 0 aliphatic carbocycles. The summed E-state index contributed by atoms with van der Waals surface area (Å²) in [7, 11) is 1.27. The second-order valence-corrected chi connectivity index (χ2v) is 5.40. The fourth-order valence-electron chi connectivity index (χ4n) is 2.39. The van der Waals surface area contributed by atoms with Crippen molar-refractivity contribution in [1.82, 2.24) is 0 Å². The van der Waals surface area contributed by atoms with E-state index in [9.17, 15) is 14.0 Å². The highest BCUT2D eigenvalue weighted by molar-refractivity contribution is 6.14. The molecule has 0 aromatic heterocycles. The van der Waals surface area contributed by atoms with E-state index < -0.39 is 17.9 Å². The first kappa shape index (κ1) is 16.7. The molecule has 1 aliphatic heterocycles.